The summed E-state index contributed by atoms with van der Waals surface area (Å²) in [6.07, 6.45) is 6.79. The van der Waals surface area contributed by atoms with Gasteiger partial charge in [-0.1, -0.05) is 69.9 Å². The lowest BCUT2D eigenvalue weighted by molar-refractivity contribution is -0.132. The molecule has 0 saturated carbocycles. The first-order valence-corrected chi connectivity index (χ1v) is 11.6. The smallest absolute Gasteiger partial charge is 0.143 e. The van der Waals surface area contributed by atoms with Gasteiger partial charge in [-0.25, -0.2) is 0 Å². The standard InChI is InChI=1S/C27H36O4/c1-3-26(28)25(27(29)4-2)15-11-6-5-7-12-20-30-23-16-18-24(19-17-23)31-21-22-13-9-8-10-14-22/h8-10,13-14,16-19,25H,3-7,11-12,15,20-21H2,1-2H3. The SMILES string of the molecule is CCC(=O)C(CCCCCCCOc1ccc(OCc2ccccc2)cc1)C(=O)CC. The van der Waals surface area contributed by atoms with Gasteiger partial charge in [-0.15, -0.1) is 0 Å². The number of Topliss-reactive ketones (excluding diaryl/α,β-unsaturated/α-hetero) is 2. The Morgan fingerprint density at radius 1 is 0.710 bits per heavy atom. The average Bonchev–Trinajstić information content (AvgIpc) is 2.82. The number of hydrogen-bond acceptors (Lipinski definition) is 4. The number of ether oxygens (including phenoxy) is 2. The van der Waals surface area contributed by atoms with E-state index in [4.69, 9.17) is 9.47 Å². The van der Waals surface area contributed by atoms with Gasteiger partial charge in [0.05, 0.1) is 12.5 Å². The third-order valence-electron chi connectivity index (χ3n) is 5.45. The lowest BCUT2D eigenvalue weighted by Crippen LogP contribution is -2.22. The lowest BCUT2D eigenvalue weighted by atomic mass is 9.90. The van der Waals surface area contributed by atoms with Crippen LogP contribution in [0.25, 0.3) is 0 Å². The second kappa shape index (κ2) is 14.4. The Morgan fingerprint density at radius 2 is 1.26 bits per heavy atom. The molecule has 0 heterocycles. The van der Waals surface area contributed by atoms with Crippen molar-refractivity contribution in [3.05, 3.63) is 60.2 Å². The van der Waals surface area contributed by atoms with E-state index in [1.807, 2.05) is 68.4 Å². The average molecular weight is 425 g/mol. The van der Waals surface area contributed by atoms with Gasteiger partial charge in [0.15, 0.2) is 0 Å². The van der Waals surface area contributed by atoms with Crippen molar-refractivity contribution in [1.82, 2.24) is 0 Å². The predicted octanol–water partition coefficient (Wildman–Crippen LogP) is 6.56. The maximum Gasteiger partial charge on any atom is 0.143 e. The van der Waals surface area contributed by atoms with Crippen LogP contribution in [0.3, 0.4) is 0 Å². The first-order valence-electron chi connectivity index (χ1n) is 11.6. The molecule has 2 aromatic carbocycles. The summed E-state index contributed by atoms with van der Waals surface area (Å²) >= 11 is 0. The Morgan fingerprint density at radius 3 is 1.87 bits per heavy atom. The molecular formula is C27H36O4. The fourth-order valence-electron chi connectivity index (χ4n) is 3.54. The topological polar surface area (TPSA) is 52.6 Å². The first-order chi connectivity index (χ1) is 15.1. The van der Waals surface area contributed by atoms with E-state index in [0.717, 1.165) is 49.2 Å². The fourth-order valence-corrected chi connectivity index (χ4v) is 3.54. The Balaban J connectivity index is 1.55. The van der Waals surface area contributed by atoms with Gasteiger partial charge < -0.3 is 9.47 Å². The summed E-state index contributed by atoms with van der Waals surface area (Å²) in [6.45, 7) is 4.92. The van der Waals surface area contributed by atoms with E-state index in [-0.39, 0.29) is 17.5 Å². The minimum atomic E-state index is -0.377. The van der Waals surface area contributed by atoms with Crippen LogP contribution in [0.5, 0.6) is 11.5 Å². The number of hydrogen-bond donors (Lipinski definition) is 0. The number of unbranched alkanes of at least 4 members (excludes halogenated alkanes) is 4. The van der Waals surface area contributed by atoms with Gasteiger partial charge in [0, 0.05) is 12.8 Å². The van der Waals surface area contributed by atoms with Crippen LogP contribution in [0.15, 0.2) is 54.6 Å². The maximum absolute atomic E-state index is 11.9. The molecule has 0 atom stereocenters. The molecule has 2 rings (SSSR count). The van der Waals surface area contributed by atoms with Crippen LogP contribution in [0.2, 0.25) is 0 Å². The highest BCUT2D eigenvalue weighted by atomic mass is 16.5. The summed E-state index contributed by atoms with van der Waals surface area (Å²) in [7, 11) is 0. The van der Waals surface area contributed by atoms with Crippen molar-refractivity contribution < 1.29 is 19.1 Å². The van der Waals surface area contributed by atoms with E-state index in [1.165, 1.54) is 0 Å². The Hall–Kier alpha value is -2.62. The largest absolute Gasteiger partial charge is 0.494 e. The van der Waals surface area contributed by atoms with E-state index in [0.29, 0.717) is 32.5 Å². The molecule has 4 heteroatoms. The van der Waals surface area contributed by atoms with Crippen molar-refractivity contribution in [3.8, 4) is 11.5 Å². The molecule has 0 radical (unpaired) electrons. The quantitative estimate of drug-likeness (QED) is 0.226. The molecule has 4 nitrogen and oxygen atoms in total. The molecule has 0 amide bonds. The molecule has 0 saturated heterocycles. The van der Waals surface area contributed by atoms with E-state index >= 15 is 0 Å². The molecule has 31 heavy (non-hydrogen) atoms. The predicted molar refractivity (Wildman–Crippen MR) is 124 cm³/mol. The minimum Gasteiger partial charge on any atom is -0.494 e. The van der Waals surface area contributed by atoms with Crippen LogP contribution in [0, 0.1) is 5.92 Å². The van der Waals surface area contributed by atoms with Crippen molar-refractivity contribution in [2.24, 2.45) is 5.92 Å². The molecule has 0 aromatic heterocycles. The molecule has 0 fully saturated rings. The van der Waals surface area contributed by atoms with E-state index in [9.17, 15) is 9.59 Å². The van der Waals surface area contributed by atoms with E-state index in [1.54, 1.807) is 0 Å². The Labute approximate surface area is 187 Å². The molecule has 0 unspecified atom stereocenters. The maximum atomic E-state index is 11.9. The highest BCUT2D eigenvalue weighted by Crippen LogP contribution is 2.20. The normalized spacial score (nSPS) is 10.8. The molecule has 0 spiro atoms. The van der Waals surface area contributed by atoms with Crippen molar-refractivity contribution in [2.75, 3.05) is 6.61 Å². The zero-order valence-corrected chi connectivity index (χ0v) is 19.0. The summed E-state index contributed by atoms with van der Waals surface area (Å²) in [4.78, 5) is 23.9. The van der Waals surface area contributed by atoms with Crippen molar-refractivity contribution in [3.63, 3.8) is 0 Å². The summed E-state index contributed by atoms with van der Waals surface area (Å²) in [5.41, 5.74) is 1.15. The third-order valence-corrected chi connectivity index (χ3v) is 5.45. The Kier molecular flexibility index (Phi) is 11.4. The fraction of sp³-hybridized carbons (Fsp3) is 0.481. The minimum absolute atomic E-state index is 0.0942. The van der Waals surface area contributed by atoms with Crippen molar-refractivity contribution >= 4 is 11.6 Å². The van der Waals surface area contributed by atoms with Gasteiger partial charge in [0.2, 0.25) is 0 Å². The number of ketones is 2. The highest BCUT2D eigenvalue weighted by Gasteiger charge is 2.22. The molecule has 0 N–H and O–H groups in total. The summed E-state index contributed by atoms with van der Waals surface area (Å²) in [5.74, 6) is 1.50. The van der Waals surface area contributed by atoms with Gasteiger partial charge in [-0.05, 0) is 42.7 Å². The first kappa shape index (κ1) is 24.6. The number of carbonyl (C=O) groups excluding carboxylic acids is 2. The summed E-state index contributed by atoms with van der Waals surface area (Å²) in [5, 5.41) is 0. The zero-order valence-electron chi connectivity index (χ0n) is 19.0. The van der Waals surface area contributed by atoms with Gasteiger partial charge in [-0.2, -0.15) is 0 Å². The van der Waals surface area contributed by atoms with E-state index in [2.05, 4.69) is 0 Å². The number of benzene rings is 2. The summed E-state index contributed by atoms with van der Waals surface area (Å²) < 4.78 is 11.6. The second-order valence-corrected chi connectivity index (χ2v) is 7.84. The molecular weight excluding hydrogens is 388 g/mol. The van der Waals surface area contributed by atoms with Crippen LogP contribution in [-0.2, 0) is 16.2 Å². The summed E-state index contributed by atoms with van der Waals surface area (Å²) in [6, 6.07) is 17.9. The molecule has 0 aliphatic carbocycles. The van der Waals surface area contributed by atoms with Gasteiger partial charge in [0.25, 0.3) is 0 Å². The van der Waals surface area contributed by atoms with Crippen molar-refractivity contribution in [1.29, 1.82) is 0 Å². The second-order valence-electron chi connectivity index (χ2n) is 7.84. The molecule has 2 aromatic rings. The van der Waals surface area contributed by atoms with Gasteiger partial charge in [-0.3, -0.25) is 9.59 Å². The lowest BCUT2D eigenvalue weighted by Gasteiger charge is -2.12. The van der Waals surface area contributed by atoms with Crippen LogP contribution >= 0.6 is 0 Å². The van der Waals surface area contributed by atoms with Gasteiger partial charge in [0.1, 0.15) is 29.7 Å². The number of carbonyl (C=O) groups is 2. The molecule has 168 valence electrons. The molecule has 0 aliphatic rings. The van der Waals surface area contributed by atoms with Crippen LogP contribution in [0.4, 0.5) is 0 Å². The third kappa shape index (κ3) is 9.37. The van der Waals surface area contributed by atoms with Crippen molar-refractivity contribution in [2.45, 2.75) is 71.8 Å². The number of rotatable bonds is 16. The monoisotopic (exact) mass is 424 g/mol. The Bertz CT molecular complexity index is 752. The molecule has 0 bridgehead atoms. The van der Waals surface area contributed by atoms with Crippen LogP contribution in [0.1, 0.15) is 70.8 Å². The van der Waals surface area contributed by atoms with Crippen LogP contribution in [-0.4, -0.2) is 18.2 Å². The highest BCUT2D eigenvalue weighted by molar-refractivity contribution is 6.02. The molecule has 0 aliphatic heterocycles. The zero-order chi connectivity index (χ0) is 22.3. The van der Waals surface area contributed by atoms with E-state index < -0.39 is 0 Å². The van der Waals surface area contributed by atoms with Crippen LogP contribution < -0.4 is 9.47 Å². The van der Waals surface area contributed by atoms with Gasteiger partial charge >= 0.3 is 0 Å².